The van der Waals surface area contributed by atoms with E-state index < -0.39 is 0 Å². The quantitative estimate of drug-likeness (QED) is 0.614. The van der Waals surface area contributed by atoms with Gasteiger partial charge >= 0.3 is 5.97 Å². The van der Waals surface area contributed by atoms with Gasteiger partial charge in [0, 0.05) is 26.2 Å². The average molecular weight is 335 g/mol. The highest BCUT2D eigenvalue weighted by atomic mass is 16.5. The van der Waals surface area contributed by atoms with Gasteiger partial charge in [0.1, 0.15) is 6.10 Å². The van der Waals surface area contributed by atoms with E-state index in [1.54, 1.807) is 12.1 Å². The van der Waals surface area contributed by atoms with E-state index in [4.69, 9.17) is 4.74 Å². The van der Waals surface area contributed by atoms with Crippen molar-refractivity contribution in [3.63, 3.8) is 0 Å². The number of hydrogen-bond donors (Lipinski definition) is 0. The number of benzene rings is 1. The summed E-state index contributed by atoms with van der Waals surface area (Å²) < 4.78 is 5.82. The summed E-state index contributed by atoms with van der Waals surface area (Å²) in [5.41, 5.74) is 0.612. The van der Waals surface area contributed by atoms with Crippen molar-refractivity contribution >= 4 is 5.97 Å². The largest absolute Gasteiger partial charge is 0.456 e. The minimum absolute atomic E-state index is 0.134. The first-order valence-corrected chi connectivity index (χ1v) is 8.91. The number of carbonyl (C=O) groups is 1. The zero-order valence-corrected chi connectivity index (χ0v) is 16.2. The van der Waals surface area contributed by atoms with Gasteiger partial charge in [0.25, 0.3) is 0 Å². The normalized spacial score (nSPS) is 13.1. The lowest BCUT2D eigenvalue weighted by molar-refractivity contribution is 0.0111. The van der Waals surface area contributed by atoms with Gasteiger partial charge in [-0.05, 0) is 38.1 Å². The molecular formula is C20H34N2O2. The van der Waals surface area contributed by atoms with Crippen LogP contribution in [0.1, 0.15) is 38.1 Å². The molecule has 0 aliphatic carbocycles. The molecule has 24 heavy (non-hydrogen) atoms. The molecule has 1 rings (SSSR count). The maximum Gasteiger partial charge on any atom is 0.338 e. The van der Waals surface area contributed by atoms with Gasteiger partial charge in [0.2, 0.25) is 0 Å². The number of hydrogen-bond acceptors (Lipinski definition) is 4. The maximum absolute atomic E-state index is 12.4. The highest BCUT2D eigenvalue weighted by molar-refractivity contribution is 5.89. The Bertz CT molecular complexity index is 462. The summed E-state index contributed by atoms with van der Waals surface area (Å²) in [5, 5.41) is 0. The van der Waals surface area contributed by atoms with Crippen LogP contribution in [0.15, 0.2) is 30.3 Å². The first-order valence-electron chi connectivity index (χ1n) is 8.91. The van der Waals surface area contributed by atoms with Crippen LogP contribution in [0.5, 0.6) is 0 Å². The van der Waals surface area contributed by atoms with Gasteiger partial charge in [0.05, 0.1) is 5.56 Å². The number of ether oxygens (including phenoxy) is 1. The lowest BCUT2D eigenvalue weighted by Gasteiger charge is -2.31. The average Bonchev–Trinajstić information content (AvgIpc) is 2.45. The third kappa shape index (κ3) is 8.46. The van der Waals surface area contributed by atoms with Gasteiger partial charge in [-0.15, -0.1) is 0 Å². The molecule has 4 nitrogen and oxygen atoms in total. The van der Waals surface area contributed by atoms with E-state index in [1.165, 1.54) is 0 Å². The zero-order valence-electron chi connectivity index (χ0n) is 16.2. The van der Waals surface area contributed by atoms with E-state index in [2.05, 4.69) is 37.5 Å². The molecule has 1 aromatic rings. The summed E-state index contributed by atoms with van der Waals surface area (Å²) in [7, 11) is 4.02. The first-order chi connectivity index (χ1) is 11.3. The van der Waals surface area contributed by atoms with Gasteiger partial charge in [-0.2, -0.15) is 0 Å². The van der Waals surface area contributed by atoms with Gasteiger partial charge < -0.3 is 9.64 Å². The Balaban J connectivity index is 2.76. The van der Waals surface area contributed by atoms with E-state index in [9.17, 15) is 4.79 Å². The molecule has 0 saturated carbocycles. The molecule has 0 saturated heterocycles. The van der Waals surface area contributed by atoms with Crippen LogP contribution < -0.4 is 0 Å². The standard InChI is InChI=1S/C20H34N2O2/c1-16(2)12-22(13-17(3)4)15-19(14-21(5)6)24-20(23)18-10-8-7-9-11-18/h7-11,16-17,19H,12-15H2,1-6H3. The Morgan fingerprint density at radius 3 is 1.92 bits per heavy atom. The summed E-state index contributed by atoms with van der Waals surface area (Å²) in [5.74, 6) is 0.943. The lowest BCUT2D eigenvalue weighted by atomic mass is 10.1. The molecule has 0 radical (unpaired) electrons. The Morgan fingerprint density at radius 1 is 0.917 bits per heavy atom. The molecule has 0 fully saturated rings. The van der Waals surface area contributed by atoms with Crippen LogP contribution in [-0.4, -0.2) is 62.1 Å². The van der Waals surface area contributed by atoms with Crippen LogP contribution in [0.25, 0.3) is 0 Å². The maximum atomic E-state index is 12.4. The van der Waals surface area contributed by atoms with Crippen molar-refractivity contribution in [1.82, 2.24) is 9.80 Å². The number of rotatable bonds is 10. The molecule has 1 unspecified atom stereocenters. The van der Waals surface area contributed by atoms with Crippen LogP contribution in [0.4, 0.5) is 0 Å². The number of esters is 1. The summed E-state index contributed by atoms with van der Waals surface area (Å²) in [6, 6.07) is 9.23. The second kappa shape index (κ2) is 10.5. The summed E-state index contributed by atoms with van der Waals surface area (Å²) >= 11 is 0. The van der Waals surface area contributed by atoms with Crippen molar-refractivity contribution in [1.29, 1.82) is 0 Å². The minimum atomic E-state index is -0.239. The highest BCUT2D eigenvalue weighted by Crippen LogP contribution is 2.10. The van der Waals surface area contributed by atoms with E-state index in [-0.39, 0.29) is 12.1 Å². The van der Waals surface area contributed by atoms with Crippen LogP contribution >= 0.6 is 0 Å². The molecule has 4 heteroatoms. The van der Waals surface area contributed by atoms with E-state index >= 15 is 0 Å². The van der Waals surface area contributed by atoms with Crippen LogP contribution in [-0.2, 0) is 4.74 Å². The Kier molecular flexibility index (Phi) is 9.01. The van der Waals surface area contributed by atoms with Crippen LogP contribution in [0.2, 0.25) is 0 Å². The SMILES string of the molecule is CC(C)CN(CC(C)C)CC(CN(C)C)OC(=O)c1ccccc1. The van der Waals surface area contributed by atoms with Crippen molar-refractivity contribution in [2.45, 2.75) is 33.8 Å². The molecule has 0 aliphatic rings. The van der Waals surface area contributed by atoms with Crippen molar-refractivity contribution in [2.24, 2.45) is 11.8 Å². The molecular weight excluding hydrogens is 300 g/mol. The number of carbonyl (C=O) groups excluding carboxylic acids is 1. The minimum Gasteiger partial charge on any atom is -0.456 e. The van der Waals surface area contributed by atoms with Crippen molar-refractivity contribution in [3.8, 4) is 0 Å². The molecule has 0 aromatic heterocycles. The fourth-order valence-electron chi connectivity index (χ4n) is 2.88. The number of likely N-dealkylation sites (N-methyl/N-ethyl adjacent to an activating group) is 1. The first kappa shape index (κ1) is 20.7. The lowest BCUT2D eigenvalue weighted by Crippen LogP contribution is -2.43. The van der Waals surface area contributed by atoms with Crippen molar-refractivity contribution in [2.75, 3.05) is 40.3 Å². The predicted molar refractivity (Wildman–Crippen MR) is 100 cm³/mol. The summed E-state index contributed by atoms with van der Waals surface area (Å²) in [6.45, 7) is 12.4. The van der Waals surface area contributed by atoms with Crippen molar-refractivity contribution in [3.05, 3.63) is 35.9 Å². The third-order valence-corrected chi connectivity index (χ3v) is 3.56. The highest BCUT2D eigenvalue weighted by Gasteiger charge is 2.21. The molecule has 0 N–H and O–H groups in total. The van der Waals surface area contributed by atoms with Gasteiger partial charge in [0.15, 0.2) is 0 Å². The van der Waals surface area contributed by atoms with Crippen LogP contribution in [0.3, 0.4) is 0 Å². The fraction of sp³-hybridized carbons (Fsp3) is 0.650. The molecule has 0 aliphatic heterocycles. The summed E-state index contributed by atoms with van der Waals surface area (Å²) in [6.07, 6.45) is -0.134. The molecule has 1 aromatic carbocycles. The van der Waals surface area contributed by atoms with E-state index in [1.807, 2.05) is 32.3 Å². The van der Waals surface area contributed by atoms with Crippen LogP contribution in [0, 0.1) is 11.8 Å². The summed E-state index contributed by atoms with van der Waals surface area (Å²) in [4.78, 5) is 16.9. The van der Waals surface area contributed by atoms with Crippen molar-refractivity contribution < 1.29 is 9.53 Å². The predicted octanol–water partition coefficient (Wildman–Crippen LogP) is 3.39. The Labute approximate surface area is 147 Å². The van der Waals surface area contributed by atoms with Gasteiger partial charge in [-0.25, -0.2) is 4.79 Å². The molecule has 1 atom stereocenters. The topological polar surface area (TPSA) is 32.8 Å². The zero-order chi connectivity index (χ0) is 18.1. The molecule has 0 bridgehead atoms. The Morgan fingerprint density at radius 2 is 1.46 bits per heavy atom. The molecule has 0 amide bonds. The van der Waals surface area contributed by atoms with E-state index in [0.717, 1.165) is 26.2 Å². The number of nitrogens with zero attached hydrogens (tertiary/aromatic N) is 2. The second-order valence-electron chi connectivity index (χ2n) is 7.66. The monoisotopic (exact) mass is 334 g/mol. The van der Waals surface area contributed by atoms with E-state index in [0.29, 0.717) is 17.4 Å². The molecule has 0 heterocycles. The third-order valence-electron chi connectivity index (χ3n) is 3.56. The smallest absolute Gasteiger partial charge is 0.338 e. The second-order valence-corrected chi connectivity index (χ2v) is 7.66. The fourth-order valence-corrected chi connectivity index (χ4v) is 2.88. The molecule has 136 valence electrons. The van der Waals surface area contributed by atoms with Gasteiger partial charge in [-0.1, -0.05) is 45.9 Å². The van der Waals surface area contributed by atoms with Gasteiger partial charge in [-0.3, -0.25) is 4.90 Å². The molecule has 0 spiro atoms. The Hall–Kier alpha value is -1.39.